The number of oxime groups is 1. The lowest BCUT2D eigenvalue weighted by Gasteiger charge is -2.30. The van der Waals surface area contributed by atoms with Gasteiger partial charge in [0.2, 0.25) is 0 Å². The third-order valence-corrected chi connectivity index (χ3v) is 5.69. The molecule has 1 saturated carbocycles. The molecule has 1 aromatic carbocycles. The maximum atomic E-state index is 5.89. The zero-order valence-corrected chi connectivity index (χ0v) is 18.7. The molecule has 0 spiro atoms. The van der Waals surface area contributed by atoms with E-state index in [2.05, 4.69) is 75.9 Å². The molecular weight excluding hydrogens is 344 g/mol. The zero-order chi connectivity index (χ0) is 20.4. The number of rotatable bonds is 10. The molecule has 0 heterocycles. The summed E-state index contributed by atoms with van der Waals surface area (Å²) >= 11 is 0. The minimum atomic E-state index is 0.525. The summed E-state index contributed by atoms with van der Waals surface area (Å²) in [4.78, 5) is 8.34. The first-order chi connectivity index (χ1) is 13.5. The van der Waals surface area contributed by atoms with Crippen molar-refractivity contribution in [3.8, 4) is 0 Å². The van der Waals surface area contributed by atoms with E-state index in [1.54, 1.807) is 0 Å². The van der Waals surface area contributed by atoms with Crippen molar-refractivity contribution in [2.24, 2.45) is 11.1 Å². The van der Waals surface area contributed by atoms with Crippen LogP contribution in [0.5, 0.6) is 0 Å². The Morgan fingerprint density at radius 2 is 1.86 bits per heavy atom. The van der Waals surface area contributed by atoms with Gasteiger partial charge in [0, 0.05) is 24.5 Å². The predicted molar refractivity (Wildman–Crippen MR) is 122 cm³/mol. The highest BCUT2D eigenvalue weighted by Crippen LogP contribution is 2.31. The molecule has 1 fully saturated rings. The van der Waals surface area contributed by atoms with Crippen LogP contribution < -0.4 is 0 Å². The average molecular weight is 385 g/mol. The van der Waals surface area contributed by atoms with Gasteiger partial charge in [0.1, 0.15) is 6.61 Å². The molecular formula is C25H40N2O. The normalized spacial score (nSPS) is 20.6. The van der Waals surface area contributed by atoms with E-state index < -0.39 is 0 Å². The van der Waals surface area contributed by atoms with Gasteiger partial charge in [-0.15, -0.1) is 0 Å². The number of nitrogens with zero attached hydrogens (tertiary/aromatic N) is 2. The van der Waals surface area contributed by atoms with E-state index in [0.29, 0.717) is 24.6 Å². The largest absolute Gasteiger partial charge is 0.394 e. The van der Waals surface area contributed by atoms with Crippen LogP contribution >= 0.6 is 0 Å². The highest BCUT2D eigenvalue weighted by molar-refractivity contribution is 6.05. The predicted octanol–water partition coefficient (Wildman–Crippen LogP) is 6.55. The second-order valence-corrected chi connectivity index (χ2v) is 8.55. The van der Waals surface area contributed by atoms with Gasteiger partial charge in [-0.05, 0) is 70.6 Å². The van der Waals surface area contributed by atoms with Crippen LogP contribution in [-0.2, 0) is 4.84 Å². The fraction of sp³-hybridized carbons (Fsp3) is 0.640. The topological polar surface area (TPSA) is 24.8 Å². The molecule has 1 aromatic rings. The van der Waals surface area contributed by atoms with Gasteiger partial charge < -0.3 is 4.84 Å². The van der Waals surface area contributed by atoms with Crippen LogP contribution in [0, 0.1) is 5.92 Å². The fourth-order valence-corrected chi connectivity index (χ4v) is 4.20. The molecule has 156 valence electrons. The Morgan fingerprint density at radius 1 is 1.14 bits per heavy atom. The Labute approximate surface area is 172 Å². The second-order valence-electron chi connectivity index (χ2n) is 8.55. The van der Waals surface area contributed by atoms with Gasteiger partial charge in [0.25, 0.3) is 0 Å². The maximum absolute atomic E-state index is 5.89. The first-order valence-electron chi connectivity index (χ1n) is 11.2. The third kappa shape index (κ3) is 7.09. The molecule has 28 heavy (non-hydrogen) atoms. The summed E-state index contributed by atoms with van der Waals surface area (Å²) in [5.41, 5.74) is 3.82. The summed E-state index contributed by atoms with van der Waals surface area (Å²) in [6.07, 6.45) is 9.61. The second kappa shape index (κ2) is 12.1. The summed E-state index contributed by atoms with van der Waals surface area (Å²) in [7, 11) is 0. The highest BCUT2D eigenvalue weighted by atomic mass is 16.6. The molecule has 0 aliphatic heterocycles. The highest BCUT2D eigenvalue weighted by Gasteiger charge is 2.25. The van der Waals surface area contributed by atoms with Gasteiger partial charge in [0.15, 0.2) is 0 Å². The van der Waals surface area contributed by atoms with Crippen molar-refractivity contribution in [3.05, 3.63) is 41.5 Å². The summed E-state index contributed by atoms with van der Waals surface area (Å²) in [6, 6.07) is 11.7. The van der Waals surface area contributed by atoms with E-state index in [0.717, 1.165) is 13.0 Å². The molecule has 1 aliphatic rings. The van der Waals surface area contributed by atoms with Gasteiger partial charge in [-0.25, -0.2) is 0 Å². The average Bonchev–Trinajstić information content (AvgIpc) is 2.67. The minimum absolute atomic E-state index is 0.525. The van der Waals surface area contributed by atoms with Crippen molar-refractivity contribution >= 4 is 11.8 Å². The summed E-state index contributed by atoms with van der Waals surface area (Å²) < 4.78 is 0. The van der Waals surface area contributed by atoms with Gasteiger partial charge in [-0.1, -0.05) is 55.3 Å². The maximum Gasteiger partial charge on any atom is 0.129 e. The Bertz CT molecular complexity index is 611. The molecule has 3 nitrogen and oxygen atoms in total. The molecule has 0 N–H and O–H groups in total. The van der Waals surface area contributed by atoms with Crippen molar-refractivity contribution < 1.29 is 4.84 Å². The molecule has 0 saturated heterocycles. The number of unbranched alkanes of at least 4 members (excludes halogenated alkanes) is 1. The van der Waals surface area contributed by atoms with Crippen LogP contribution in [0.4, 0.5) is 0 Å². The zero-order valence-electron chi connectivity index (χ0n) is 18.7. The van der Waals surface area contributed by atoms with E-state index in [9.17, 15) is 0 Å². The lowest BCUT2D eigenvalue weighted by Crippen LogP contribution is -2.39. The van der Waals surface area contributed by atoms with Gasteiger partial charge in [-0.2, -0.15) is 0 Å². The van der Waals surface area contributed by atoms with Crippen molar-refractivity contribution in [2.75, 3.05) is 13.2 Å². The molecule has 1 atom stereocenters. The molecule has 0 bridgehead atoms. The van der Waals surface area contributed by atoms with E-state index >= 15 is 0 Å². The summed E-state index contributed by atoms with van der Waals surface area (Å²) in [6.45, 7) is 12.8. The summed E-state index contributed by atoms with van der Waals surface area (Å²) in [5.74, 6) is 0.537. The standard InChI is InChI=1S/C25H40N2O/c1-6-7-14-23-15-11-16-24(19-22-12-9-8-10-13-22)25(23)26-28-18-17-27(20(2)3)21(4)5/h8-10,12-13,19-21,23H,6-7,11,14-18H2,1-5H3/b24-19+,26-25+. The quantitative estimate of drug-likeness (QED) is 0.337. The SMILES string of the molecule is CCCCC1CCCC(=C\c2ccccc2)/C1=N/OCCN(C(C)C)C(C)C. The lowest BCUT2D eigenvalue weighted by molar-refractivity contribution is 0.0818. The third-order valence-electron chi connectivity index (χ3n) is 5.69. The van der Waals surface area contributed by atoms with E-state index in [-0.39, 0.29) is 0 Å². The van der Waals surface area contributed by atoms with E-state index in [1.807, 2.05) is 0 Å². The first kappa shape index (κ1) is 22.7. The number of allylic oxidation sites excluding steroid dienone is 1. The lowest BCUT2D eigenvalue weighted by atomic mass is 9.80. The van der Waals surface area contributed by atoms with Crippen molar-refractivity contribution in [1.82, 2.24) is 4.90 Å². The molecule has 2 rings (SSSR count). The van der Waals surface area contributed by atoms with Crippen LogP contribution in [0.1, 0.15) is 78.7 Å². The van der Waals surface area contributed by atoms with Crippen molar-refractivity contribution in [3.63, 3.8) is 0 Å². The fourth-order valence-electron chi connectivity index (χ4n) is 4.20. The number of hydrogen-bond donors (Lipinski definition) is 0. The molecule has 3 heteroatoms. The monoisotopic (exact) mass is 384 g/mol. The van der Waals surface area contributed by atoms with E-state index in [1.165, 1.54) is 49.0 Å². The molecule has 1 unspecified atom stereocenters. The number of hydrogen-bond acceptors (Lipinski definition) is 3. The summed E-state index contributed by atoms with van der Waals surface area (Å²) in [5, 5.41) is 4.71. The number of benzene rings is 1. The van der Waals surface area contributed by atoms with Crippen molar-refractivity contribution in [1.29, 1.82) is 0 Å². The Balaban J connectivity index is 2.11. The Morgan fingerprint density at radius 3 is 2.50 bits per heavy atom. The minimum Gasteiger partial charge on any atom is -0.394 e. The molecule has 1 aliphatic carbocycles. The van der Waals surface area contributed by atoms with Crippen LogP contribution in [0.15, 0.2) is 41.1 Å². The molecule has 0 aromatic heterocycles. The van der Waals surface area contributed by atoms with Crippen LogP contribution in [-0.4, -0.2) is 35.8 Å². The van der Waals surface area contributed by atoms with Crippen LogP contribution in [0.3, 0.4) is 0 Å². The smallest absolute Gasteiger partial charge is 0.129 e. The Hall–Kier alpha value is -1.61. The van der Waals surface area contributed by atoms with Gasteiger partial charge in [0.05, 0.1) is 5.71 Å². The van der Waals surface area contributed by atoms with E-state index in [4.69, 9.17) is 9.99 Å². The first-order valence-corrected chi connectivity index (χ1v) is 11.2. The van der Waals surface area contributed by atoms with Gasteiger partial charge in [-0.3, -0.25) is 4.90 Å². The van der Waals surface area contributed by atoms with Crippen LogP contribution in [0.25, 0.3) is 6.08 Å². The van der Waals surface area contributed by atoms with Gasteiger partial charge >= 0.3 is 0 Å². The van der Waals surface area contributed by atoms with Crippen molar-refractivity contribution in [2.45, 2.75) is 85.2 Å². The Kier molecular flexibility index (Phi) is 9.77. The molecule has 0 amide bonds. The van der Waals surface area contributed by atoms with Crippen LogP contribution in [0.2, 0.25) is 0 Å². The molecule has 0 radical (unpaired) electrons.